The first kappa shape index (κ1) is 13.0. The van der Waals surface area contributed by atoms with Crippen molar-refractivity contribution in [1.82, 2.24) is 0 Å². The van der Waals surface area contributed by atoms with Crippen LogP contribution in [0, 0.1) is 0 Å². The Kier molecular flexibility index (Phi) is 3.20. The van der Waals surface area contributed by atoms with Crippen molar-refractivity contribution in [3.8, 4) is 5.75 Å². The smallest absolute Gasteiger partial charge is 0.343 e. The largest absolute Gasteiger partial charge is 0.423 e. The van der Waals surface area contributed by atoms with Crippen molar-refractivity contribution in [2.45, 2.75) is 0 Å². The average Bonchev–Trinajstić information content (AvgIpc) is 2.52. The van der Waals surface area contributed by atoms with E-state index < -0.39 is 17.5 Å². The standard InChI is InChI=1S/C17H10O4/c18-15-9-6-12-10-13(7-8-14(12)16(15)19)21-17(20)11-4-2-1-3-5-11/h1-10H. The van der Waals surface area contributed by atoms with E-state index in [9.17, 15) is 14.4 Å². The second-order valence-electron chi connectivity index (χ2n) is 4.53. The quantitative estimate of drug-likeness (QED) is 0.481. The highest BCUT2D eigenvalue weighted by molar-refractivity contribution is 6.49. The fraction of sp³-hybridized carbons (Fsp3) is 0. The lowest BCUT2D eigenvalue weighted by Crippen LogP contribution is -2.16. The molecular weight excluding hydrogens is 268 g/mol. The van der Waals surface area contributed by atoms with Crippen LogP contribution < -0.4 is 4.74 Å². The van der Waals surface area contributed by atoms with Crippen molar-refractivity contribution in [3.63, 3.8) is 0 Å². The van der Waals surface area contributed by atoms with Gasteiger partial charge in [-0.3, -0.25) is 9.59 Å². The topological polar surface area (TPSA) is 60.4 Å². The minimum atomic E-state index is -0.548. The lowest BCUT2D eigenvalue weighted by molar-refractivity contribution is -0.110. The molecule has 0 spiro atoms. The zero-order valence-electron chi connectivity index (χ0n) is 10.9. The van der Waals surface area contributed by atoms with Crippen LogP contribution in [0.2, 0.25) is 0 Å². The molecule has 102 valence electrons. The van der Waals surface area contributed by atoms with E-state index in [-0.39, 0.29) is 0 Å². The third-order valence-corrected chi connectivity index (χ3v) is 3.13. The minimum absolute atomic E-state index is 0.321. The Morgan fingerprint density at radius 2 is 1.67 bits per heavy atom. The summed E-state index contributed by atoms with van der Waals surface area (Å²) in [5.74, 6) is -1.24. The van der Waals surface area contributed by atoms with Gasteiger partial charge in [-0.25, -0.2) is 4.79 Å². The summed E-state index contributed by atoms with van der Waals surface area (Å²) >= 11 is 0. The predicted octanol–water partition coefficient (Wildman–Crippen LogP) is 2.68. The van der Waals surface area contributed by atoms with E-state index in [1.54, 1.807) is 36.4 Å². The summed E-state index contributed by atoms with van der Waals surface area (Å²) in [5.41, 5.74) is 1.33. The first-order chi connectivity index (χ1) is 10.1. The number of benzene rings is 2. The minimum Gasteiger partial charge on any atom is -0.423 e. The highest BCUT2D eigenvalue weighted by Gasteiger charge is 2.21. The molecule has 21 heavy (non-hydrogen) atoms. The van der Waals surface area contributed by atoms with Crippen LogP contribution in [0.5, 0.6) is 5.75 Å². The maximum absolute atomic E-state index is 11.9. The van der Waals surface area contributed by atoms with Gasteiger partial charge in [-0.05, 0) is 42.0 Å². The Morgan fingerprint density at radius 3 is 2.43 bits per heavy atom. The van der Waals surface area contributed by atoms with E-state index in [1.165, 1.54) is 18.2 Å². The fourth-order valence-corrected chi connectivity index (χ4v) is 2.06. The normalized spacial score (nSPS) is 13.0. The molecule has 0 bridgehead atoms. The summed E-state index contributed by atoms with van der Waals surface area (Å²) < 4.78 is 5.26. The number of rotatable bonds is 2. The van der Waals surface area contributed by atoms with Crippen molar-refractivity contribution in [1.29, 1.82) is 0 Å². The van der Waals surface area contributed by atoms with E-state index in [0.717, 1.165) is 0 Å². The Labute approximate surface area is 120 Å². The number of fused-ring (bicyclic) bond motifs is 1. The predicted molar refractivity (Wildman–Crippen MR) is 76.2 cm³/mol. The zero-order chi connectivity index (χ0) is 14.8. The molecule has 0 aromatic heterocycles. The fourth-order valence-electron chi connectivity index (χ4n) is 2.06. The number of esters is 1. The molecule has 1 aliphatic rings. The molecule has 0 heterocycles. The first-order valence-electron chi connectivity index (χ1n) is 6.33. The van der Waals surface area contributed by atoms with Crippen molar-refractivity contribution in [2.24, 2.45) is 0 Å². The number of hydrogen-bond acceptors (Lipinski definition) is 4. The van der Waals surface area contributed by atoms with Gasteiger partial charge in [0, 0.05) is 5.56 Å². The highest BCUT2D eigenvalue weighted by atomic mass is 16.5. The number of hydrogen-bond donors (Lipinski definition) is 0. The van der Waals surface area contributed by atoms with Crippen molar-refractivity contribution in [2.75, 3.05) is 0 Å². The lowest BCUT2D eigenvalue weighted by Gasteiger charge is -2.10. The molecule has 0 aliphatic heterocycles. The van der Waals surface area contributed by atoms with Gasteiger partial charge in [-0.2, -0.15) is 0 Å². The number of ketones is 2. The summed E-state index contributed by atoms with van der Waals surface area (Å²) in [6.07, 6.45) is 2.76. The SMILES string of the molecule is O=C1C=Cc2cc(OC(=O)c3ccccc3)ccc2C1=O. The zero-order valence-corrected chi connectivity index (χ0v) is 10.9. The molecule has 0 atom stereocenters. The molecule has 4 heteroatoms. The molecule has 0 unspecified atom stereocenters. The third kappa shape index (κ3) is 2.51. The Balaban J connectivity index is 1.86. The van der Waals surface area contributed by atoms with E-state index in [1.807, 2.05) is 6.07 Å². The van der Waals surface area contributed by atoms with Gasteiger partial charge in [0.1, 0.15) is 5.75 Å². The molecule has 0 fully saturated rings. The van der Waals surface area contributed by atoms with Crippen LogP contribution >= 0.6 is 0 Å². The maximum Gasteiger partial charge on any atom is 0.343 e. The monoisotopic (exact) mass is 278 g/mol. The molecular formula is C17H10O4. The summed E-state index contributed by atoms with van der Waals surface area (Å²) in [5, 5.41) is 0. The summed E-state index contributed by atoms with van der Waals surface area (Å²) in [6.45, 7) is 0. The average molecular weight is 278 g/mol. The summed E-state index contributed by atoms with van der Waals surface area (Å²) in [4.78, 5) is 34.9. The van der Waals surface area contributed by atoms with Crippen LogP contribution in [-0.4, -0.2) is 17.5 Å². The summed E-state index contributed by atoms with van der Waals surface area (Å²) in [6, 6.07) is 13.2. The molecule has 0 amide bonds. The van der Waals surface area contributed by atoms with Gasteiger partial charge >= 0.3 is 5.97 Å². The molecule has 1 aliphatic carbocycles. The van der Waals surface area contributed by atoms with Crippen molar-refractivity contribution in [3.05, 3.63) is 71.3 Å². The summed E-state index contributed by atoms with van der Waals surface area (Å²) in [7, 11) is 0. The van der Waals surface area contributed by atoms with Crippen LogP contribution in [-0.2, 0) is 4.79 Å². The molecule has 2 aromatic carbocycles. The molecule has 0 saturated carbocycles. The molecule has 3 rings (SSSR count). The molecule has 0 radical (unpaired) electrons. The van der Waals surface area contributed by atoms with Crippen LogP contribution in [0.4, 0.5) is 0 Å². The number of carbonyl (C=O) groups excluding carboxylic acids is 3. The Morgan fingerprint density at radius 1 is 0.905 bits per heavy atom. The third-order valence-electron chi connectivity index (χ3n) is 3.13. The lowest BCUT2D eigenvalue weighted by atomic mass is 9.95. The Bertz CT molecular complexity index is 773. The van der Waals surface area contributed by atoms with Gasteiger partial charge in [-0.1, -0.05) is 24.3 Å². The highest BCUT2D eigenvalue weighted by Crippen LogP contribution is 2.23. The van der Waals surface area contributed by atoms with Crippen molar-refractivity contribution < 1.29 is 19.1 Å². The van der Waals surface area contributed by atoms with E-state index in [0.29, 0.717) is 22.4 Å². The van der Waals surface area contributed by atoms with E-state index in [2.05, 4.69) is 0 Å². The maximum atomic E-state index is 11.9. The molecule has 4 nitrogen and oxygen atoms in total. The molecule has 0 saturated heterocycles. The van der Waals surface area contributed by atoms with Gasteiger partial charge in [-0.15, -0.1) is 0 Å². The Hall–Kier alpha value is -3.01. The second-order valence-corrected chi connectivity index (χ2v) is 4.53. The van der Waals surface area contributed by atoms with Gasteiger partial charge < -0.3 is 4.74 Å². The number of allylic oxidation sites excluding steroid dienone is 1. The number of ether oxygens (including phenoxy) is 1. The van der Waals surface area contributed by atoms with Gasteiger partial charge in [0.15, 0.2) is 0 Å². The second kappa shape index (κ2) is 5.17. The van der Waals surface area contributed by atoms with Crippen LogP contribution in [0.25, 0.3) is 6.08 Å². The van der Waals surface area contributed by atoms with Gasteiger partial charge in [0.05, 0.1) is 5.56 Å². The van der Waals surface area contributed by atoms with Crippen LogP contribution in [0.1, 0.15) is 26.3 Å². The van der Waals surface area contributed by atoms with Gasteiger partial charge in [0.2, 0.25) is 11.6 Å². The molecule has 0 N–H and O–H groups in total. The van der Waals surface area contributed by atoms with Gasteiger partial charge in [0.25, 0.3) is 0 Å². The van der Waals surface area contributed by atoms with E-state index in [4.69, 9.17) is 4.74 Å². The number of carbonyl (C=O) groups is 3. The van der Waals surface area contributed by atoms with Crippen LogP contribution in [0.3, 0.4) is 0 Å². The van der Waals surface area contributed by atoms with E-state index >= 15 is 0 Å². The first-order valence-corrected chi connectivity index (χ1v) is 6.33. The molecule has 2 aromatic rings. The van der Waals surface area contributed by atoms with Crippen molar-refractivity contribution >= 4 is 23.6 Å². The van der Waals surface area contributed by atoms with Crippen LogP contribution in [0.15, 0.2) is 54.6 Å². The number of Topliss-reactive ketones (excluding diaryl/α,β-unsaturated/α-hetero) is 1.